The topological polar surface area (TPSA) is 0 Å². The third-order valence-electron chi connectivity index (χ3n) is 4.85. The number of fused-ring (bicyclic) bond motifs is 1. The maximum Gasteiger partial charge on any atom is 0.128 e. The van der Waals surface area contributed by atoms with E-state index in [1.807, 2.05) is 0 Å². The molecule has 0 saturated carbocycles. The van der Waals surface area contributed by atoms with Crippen LogP contribution in [0.25, 0.3) is 0 Å². The van der Waals surface area contributed by atoms with E-state index in [4.69, 9.17) is 0 Å². The molecule has 0 amide bonds. The van der Waals surface area contributed by atoms with Crippen LogP contribution in [0.2, 0.25) is 0 Å². The van der Waals surface area contributed by atoms with Crippen molar-refractivity contribution in [2.24, 2.45) is 0 Å². The minimum absolute atomic E-state index is 1.50. The Bertz CT molecular complexity index is 167. The van der Waals surface area contributed by atoms with Gasteiger partial charge in [0.05, 0.1) is 6.42 Å². The minimum Gasteiger partial charge on any atom is -0.170 e. The van der Waals surface area contributed by atoms with Crippen molar-refractivity contribution in [3.05, 3.63) is 0 Å². The smallest absolute Gasteiger partial charge is 0.128 e. The van der Waals surface area contributed by atoms with Gasteiger partial charge in [-0.2, -0.15) is 9.18 Å². The van der Waals surface area contributed by atoms with E-state index in [9.17, 15) is 0 Å². The highest BCUT2D eigenvalue weighted by atomic mass is 15.9. The molecule has 3 heterocycles. The van der Waals surface area contributed by atoms with Crippen molar-refractivity contribution in [2.75, 3.05) is 39.3 Å². The summed E-state index contributed by atoms with van der Waals surface area (Å²) in [5.74, 6) is 0. The molecule has 3 aliphatic heterocycles. The first-order valence-corrected chi connectivity index (χ1v) is 6.10. The summed E-state index contributed by atoms with van der Waals surface area (Å²) in [5, 5.41) is 0. The van der Waals surface area contributed by atoms with Crippen molar-refractivity contribution in [2.45, 2.75) is 32.1 Å². The van der Waals surface area contributed by atoms with Gasteiger partial charge < -0.3 is 0 Å². The van der Waals surface area contributed by atoms with Gasteiger partial charge in [0.15, 0.2) is 0 Å². The molecule has 3 aliphatic rings. The summed E-state index contributed by atoms with van der Waals surface area (Å²) in [6.45, 7) is 9.00. The van der Waals surface area contributed by atoms with E-state index in [-0.39, 0.29) is 0 Å². The van der Waals surface area contributed by atoms with Crippen molar-refractivity contribution in [3.8, 4) is 0 Å². The van der Waals surface area contributed by atoms with Crippen molar-refractivity contribution in [3.63, 3.8) is 0 Å². The van der Waals surface area contributed by atoms with Gasteiger partial charge in [-0.25, -0.2) is 0 Å². The van der Waals surface area contributed by atoms with Crippen LogP contribution in [-0.2, 0) is 0 Å². The van der Waals surface area contributed by atoms with E-state index in [1.54, 1.807) is 0 Å². The molecule has 0 N–H and O–H groups in total. The Kier molecular flexibility index (Phi) is 1.72. The van der Waals surface area contributed by atoms with E-state index in [2.05, 4.69) is 0 Å². The summed E-state index contributed by atoms with van der Waals surface area (Å²) >= 11 is 0. The predicted octanol–water partition coefficient (Wildman–Crippen LogP) is 1.53. The number of nitrogens with zero attached hydrogens (tertiary/aromatic N) is 2. The van der Waals surface area contributed by atoms with E-state index < -0.39 is 0 Å². The molecule has 13 heavy (non-hydrogen) atoms. The van der Waals surface area contributed by atoms with Gasteiger partial charge in [-0.3, -0.25) is 0 Å². The molecule has 0 aromatic rings. The zero-order valence-corrected chi connectivity index (χ0v) is 8.67. The van der Waals surface area contributed by atoms with Crippen LogP contribution in [0.1, 0.15) is 32.1 Å². The van der Waals surface area contributed by atoms with Gasteiger partial charge in [0.2, 0.25) is 0 Å². The molecule has 0 aromatic heterocycles. The molecule has 2 spiro atoms. The van der Waals surface area contributed by atoms with E-state index in [0.29, 0.717) is 0 Å². The number of hydrogen-bond donors (Lipinski definition) is 0. The van der Waals surface area contributed by atoms with Crippen molar-refractivity contribution in [1.82, 2.24) is 0 Å². The fraction of sp³-hybridized carbons (Fsp3) is 1.00. The molecule has 0 aliphatic carbocycles. The lowest BCUT2D eigenvalue weighted by atomic mass is 10.4. The molecule has 0 unspecified atom stereocenters. The summed E-state index contributed by atoms with van der Waals surface area (Å²) in [7, 11) is 0. The van der Waals surface area contributed by atoms with Crippen LogP contribution in [-0.4, -0.2) is 48.5 Å². The zero-order chi connectivity index (χ0) is 8.78. The molecule has 0 bridgehead atoms. The molecule has 74 valence electrons. The Hall–Kier alpha value is -0.0800. The van der Waals surface area contributed by atoms with Crippen LogP contribution in [0.15, 0.2) is 0 Å². The standard InChI is InChI=1S/C11H22N2/c1-2-7-12(6-1)10-5-11-13(12)8-3-4-9-13/h1-11H2/q+2. The van der Waals surface area contributed by atoms with Gasteiger partial charge in [0, 0.05) is 25.7 Å². The SMILES string of the molecule is C1CC[N+]2(C1)CCC[N+]21CCCC1. The second-order valence-corrected chi connectivity index (χ2v) is 5.30. The molecule has 0 atom stereocenters. The molecule has 0 radical (unpaired) electrons. The number of hydrogen-bond acceptors (Lipinski definition) is 0. The number of rotatable bonds is 0. The molecule has 2 heteroatoms. The van der Waals surface area contributed by atoms with Crippen LogP contribution in [0.4, 0.5) is 0 Å². The summed E-state index contributed by atoms with van der Waals surface area (Å²) in [5.41, 5.74) is 0. The lowest BCUT2D eigenvalue weighted by Crippen LogP contribution is -2.66. The van der Waals surface area contributed by atoms with Gasteiger partial charge in [0.1, 0.15) is 39.3 Å². The van der Waals surface area contributed by atoms with E-state index >= 15 is 0 Å². The fourth-order valence-corrected chi connectivity index (χ4v) is 4.23. The predicted molar refractivity (Wildman–Crippen MR) is 52.8 cm³/mol. The first kappa shape index (κ1) is 8.25. The Labute approximate surface area is 81.3 Å². The van der Waals surface area contributed by atoms with Gasteiger partial charge in [0.25, 0.3) is 0 Å². The van der Waals surface area contributed by atoms with Crippen molar-refractivity contribution < 1.29 is 9.18 Å². The Morgan fingerprint density at radius 3 is 1.08 bits per heavy atom. The molecule has 2 nitrogen and oxygen atoms in total. The van der Waals surface area contributed by atoms with Crippen LogP contribution >= 0.6 is 0 Å². The fourth-order valence-electron chi connectivity index (χ4n) is 4.23. The normalized spacial score (nSPS) is 35.1. The van der Waals surface area contributed by atoms with Gasteiger partial charge in [-0.1, -0.05) is 0 Å². The third-order valence-corrected chi connectivity index (χ3v) is 4.85. The lowest BCUT2D eigenvalue weighted by molar-refractivity contribution is -1.47. The monoisotopic (exact) mass is 182 g/mol. The summed E-state index contributed by atoms with van der Waals surface area (Å²) in [6.07, 6.45) is 7.50. The van der Waals surface area contributed by atoms with Crippen LogP contribution in [0.5, 0.6) is 0 Å². The van der Waals surface area contributed by atoms with Crippen molar-refractivity contribution in [1.29, 1.82) is 0 Å². The number of quaternary nitrogens is 2. The molecular formula is C11H22N2+2. The van der Waals surface area contributed by atoms with Crippen LogP contribution < -0.4 is 0 Å². The maximum absolute atomic E-state index is 1.50. The average molecular weight is 182 g/mol. The molecule has 3 rings (SSSR count). The molecule has 3 saturated heterocycles. The minimum atomic E-state index is 1.50. The van der Waals surface area contributed by atoms with Crippen LogP contribution in [0, 0.1) is 0 Å². The summed E-state index contributed by atoms with van der Waals surface area (Å²) in [6, 6.07) is 0. The van der Waals surface area contributed by atoms with Gasteiger partial charge >= 0.3 is 0 Å². The van der Waals surface area contributed by atoms with Crippen molar-refractivity contribution >= 4 is 0 Å². The molecular weight excluding hydrogens is 160 g/mol. The van der Waals surface area contributed by atoms with E-state index in [0.717, 1.165) is 0 Å². The Morgan fingerprint density at radius 2 is 0.692 bits per heavy atom. The highest BCUT2D eigenvalue weighted by Crippen LogP contribution is 2.39. The largest absolute Gasteiger partial charge is 0.170 e. The average Bonchev–Trinajstić information content (AvgIpc) is 2.79. The van der Waals surface area contributed by atoms with E-state index in [1.165, 1.54) is 80.6 Å². The second kappa shape index (κ2) is 2.71. The Morgan fingerprint density at radius 1 is 0.385 bits per heavy atom. The summed E-state index contributed by atoms with van der Waals surface area (Å²) in [4.78, 5) is 0. The highest BCUT2D eigenvalue weighted by molar-refractivity contribution is 4.60. The third kappa shape index (κ3) is 0.962. The first-order valence-electron chi connectivity index (χ1n) is 6.10. The second-order valence-electron chi connectivity index (χ2n) is 5.30. The first-order chi connectivity index (χ1) is 6.37. The van der Waals surface area contributed by atoms with Gasteiger partial charge in [-0.15, -0.1) is 0 Å². The van der Waals surface area contributed by atoms with Crippen LogP contribution in [0.3, 0.4) is 0 Å². The quantitative estimate of drug-likeness (QED) is 0.498. The summed E-state index contributed by atoms with van der Waals surface area (Å²) < 4.78 is 3.00. The van der Waals surface area contributed by atoms with Gasteiger partial charge in [-0.05, 0) is 0 Å². The Balaban J connectivity index is 1.92. The zero-order valence-electron chi connectivity index (χ0n) is 8.67. The molecule has 0 aromatic carbocycles. The highest BCUT2D eigenvalue weighted by Gasteiger charge is 2.57. The maximum atomic E-state index is 1.50. The lowest BCUT2D eigenvalue weighted by Gasteiger charge is -2.44. The molecule has 3 fully saturated rings.